The Morgan fingerprint density at radius 3 is 2.40 bits per heavy atom. The molecule has 0 radical (unpaired) electrons. The van der Waals surface area contributed by atoms with Crippen LogP contribution in [0.4, 0.5) is 0 Å². The van der Waals surface area contributed by atoms with E-state index in [1.54, 1.807) is 0 Å². The molecule has 0 aromatic rings. The zero-order valence-electron chi connectivity index (χ0n) is 8.54. The van der Waals surface area contributed by atoms with Gasteiger partial charge in [0.15, 0.2) is 0 Å². The van der Waals surface area contributed by atoms with Crippen molar-refractivity contribution in [3.8, 4) is 0 Å². The molecule has 0 aromatic carbocycles. The van der Waals surface area contributed by atoms with Gasteiger partial charge in [0.1, 0.15) is 0 Å². The van der Waals surface area contributed by atoms with Crippen LogP contribution in [-0.2, 0) is 18.6 Å². The molecule has 0 saturated carbocycles. The molecule has 0 aliphatic heterocycles. The minimum Gasteiger partial charge on any atom is -0.469 e. The van der Waals surface area contributed by atoms with E-state index in [0.717, 1.165) is 0 Å². The predicted octanol–water partition coefficient (Wildman–Crippen LogP) is -0.200. The number of aliphatic hydroxyl groups is 1. The molecule has 3 N–H and O–H groups in total. The molecular weight excluding hydrogens is 227 g/mol. The van der Waals surface area contributed by atoms with Crippen LogP contribution in [0.1, 0.15) is 19.8 Å². The fraction of sp³-hybridized carbons (Fsp3) is 0.857. The maximum atomic E-state index is 10.8. The second-order valence-electron chi connectivity index (χ2n) is 3.32. The highest BCUT2D eigenvalue weighted by Crippen LogP contribution is 2.36. The van der Waals surface area contributed by atoms with Crippen LogP contribution in [0.3, 0.4) is 0 Å². The van der Waals surface area contributed by atoms with Crippen LogP contribution in [-0.4, -0.2) is 40.2 Å². The van der Waals surface area contributed by atoms with Gasteiger partial charge in [-0.15, -0.1) is 0 Å². The molecule has 0 spiro atoms. The normalized spacial score (nSPS) is 15.8. The van der Waals surface area contributed by atoms with Crippen molar-refractivity contribution in [2.75, 3.05) is 13.7 Å². The van der Waals surface area contributed by atoms with Crippen molar-refractivity contribution in [3.05, 3.63) is 0 Å². The molecule has 7 nitrogen and oxygen atoms in total. The van der Waals surface area contributed by atoms with Crippen LogP contribution in [0, 0.1) is 0 Å². The molecule has 0 heterocycles. The van der Waals surface area contributed by atoms with E-state index in [2.05, 4.69) is 9.26 Å². The highest BCUT2D eigenvalue weighted by molar-refractivity contribution is 7.46. The fourth-order valence-corrected chi connectivity index (χ4v) is 1.19. The third kappa shape index (κ3) is 8.53. The first kappa shape index (κ1) is 14.5. The number of carbonyl (C=O) groups excluding carboxylic acids is 1. The zero-order chi connectivity index (χ0) is 12.1. The van der Waals surface area contributed by atoms with E-state index in [0.29, 0.717) is 0 Å². The van der Waals surface area contributed by atoms with Gasteiger partial charge in [-0.25, -0.2) is 4.57 Å². The number of methoxy groups -OCH3 is 1. The number of rotatable bonds is 6. The van der Waals surface area contributed by atoms with Crippen molar-refractivity contribution in [2.24, 2.45) is 0 Å². The first-order valence-corrected chi connectivity index (χ1v) is 5.68. The summed E-state index contributed by atoms with van der Waals surface area (Å²) in [7, 11) is -3.34. The monoisotopic (exact) mass is 242 g/mol. The summed E-state index contributed by atoms with van der Waals surface area (Å²) in [6, 6.07) is 0. The van der Waals surface area contributed by atoms with E-state index in [1.165, 1.54) is 14.0 Å². The van der Waals surface area contributed by atoms with Gasteiger partial charge in [0, 0.05) is 6.42 Å². The molecule has 0 aliphatic rings. The molecule has 15 heavy (non-hydrogen) atoms. The number of hydrogen-bond acceptors (Lipinski definition) is 5. The lowest BCUT2D eigenvalue weighted by Crippen LogP contribution is -2.29. The number of carbonyl (C=O) groups is 1. The summed E-state index contributed by atoms with van der Waals surface area (Å²) < 4.78 is 18.8. The Kier molecular flexibility index (Phi) is 5.41. The Morgan fingerprint density at radius 2 is 2.00 bits per heavy atom. The van der Waals surface area contributed by atoms with Gasteiger partial charge >= 0.3 is 13.8 Å². The quantitative estimate of drug-likeness (QED) is 0.436. The van der Waals surface area contributed by atoms with Crippen molar-refractivity contribution in [3.63, 3.8) is 0 Å². The Morgan fingerprint density at radius 1 is 1.47 bits per heavy atom. The lowest BCUT2D eigenvalue weighted by molar-refractivity contribution is -0.145. The standard InChI is InChI=1S/C7H15O7P/c1-7(9,5-6(8)13-2)3-4-14-15(10,11)12/h9H,3-5H2,1-2H3,(H2,10,11,12). The van der Waals surface area contributed by atoms with Crippen molar-refractivity contribution in [2.45, 2.75) is 25.4 Å². The first-order valence-electron chi connectivity index (χ1n) is 4.15. The molecule has 0 bridgehead atoms. The molecule has 0 saturated heterocycles. The summed E-state index contributed by atoms with van der Waals surface area (Å²) in [6.07, 6.45) is -0.332. The zero-order valence-corrected chi connectivity index (χ0v) is 9.44. The summed E-state index contributed by atoms with van der Waals surface area (Å²) in [5, 5.41) is 9.58. The molecular formula is C7H15O7P. The summed E-state index contributed by atoms with van der Waals surface area (Å²) in [6.45, 7) is 1.02. The molecule has 1 unspecified atom stereocenters. The second-order valence-corrected chi connectivity index (χ2v) is 4.56. The molecule has 0 rings (SSSR count). The average molecular weight is 242 g/mol. The highest BCUT2D eigenvalue weighted by Gasteiger charge is 2.26. The van der Waals surface area contributed by atoms with Gasteiger partial charge in [-0.1, -0.05) is 0 Å². The van der Waals surface area contributed by atoms with Crippen LogP contribution >= 0.6 is 7.82 Å². The molecule has 8 heteroatoms. The summed E-state index contributed by atoms with van der Waals surface area (Å²) in [5.74, 6) is -0.601. The lowest BCUT2D eigenvalue weighted by atomic mass is 9.99. The number of phosphoric acid groups is 1. The Bertz CT molecular complexity index is 256. The van der Waals surface area contributed by atoms with E-state index in [9.17, 15) is 14.5 Å². The van der Waals surface area contributed by atoms with Crippen LogP contribution in [0.2, 0.25) is 0 Å². The minimum absolute atomic E-state index is 0.0762. The molecule has 0 amide bonds. The second kappa shape index (κ2) is 5.58. The first-order chi connectivity index (χ1) is 6.66. The number of esters is 1. The number of hydrogen-bond donors (Lipinski definition) is 3. The highest BCUT2D eigenvalue weighted by atomic mass is 31.2. The van der Waals surface area contributed by atoms with E-state index < -0.39 is 19.4 Å². The van der Waals surface area contributed by atoms with Gasteiger partial charge in [-0.05, 0) is 6.92 Å². The van der Waals surface area contributed by atoms with E-state index in [-0.39, 0.29) is 19.4 Å². The van der Waals surface area contributed by atoms with E-state index >= 15 is 0 Å². The Hall–Kier alpha value is -0.460. The minimum atomic E-state index is -4.52. The van der Waals surface area contributed by atoms with Crippen molar-refractivity contribution in [1.29, 1.82) is 0 Å². The van der Waals surface area contributed by atoms with Crippen molar-refractivity contribution < 1.29 is 33.5 Å². The van der Waals surface area contributed by atoms with Gasteiger partial charge in [-0.2, -0.15) is 0 Å². The van der Waals surface area contributed by atoms with Crippen molar-refractivity contribution >= 4 is 13.8 Å². The van der Waals surface area contributed by atoms with Crippen LogP contribution < -0.4 is 0 Å². The molecule has 1 atom stereocenters. The topological polar surface area (TPSA) is 113 Å². The predicted molar refractivity (Wildman–Crippen MR) is 49.9 cm³/mol. The molecule has 90 valence electrons. The Balaban J connectivity index is 3.94. The maximum Gasteiger partial charge on any atom is 0.469 e. The fourth-order valence-electron chi connectivity index (χ4n) is 0.856. The SMILES string of the molecule is COC(=O)CC(C)(O)CCOP(=O)(O)O. The largest absolute Gasteiger partial charge is 0.469 e. The molecule has 0 aliphatic carbocycles. The molecule has 0 aromatic heterocycles. The smallest absolute Gasteiger partial charge is 0.469 e. The number of ether oxygens (including phenoxy) is 1. The van der Waals surface area contributed by atoms with Crippen LogP contribution in [0.25, 0.3) is 0 Å². The maximum absolute atomic E-state index is 10.8. The third-order valence-electron chi connectivity index (χ3n) is 1.65. The lowest BCUT2D eigenvalue weighted by Gasteiger charge is -2.21. The van der Waals surface area contributed by atoms with Crippen molar-refractivity contribution in [1.82, 2.24) is 0 Å². The average Bonchev–Trinajstić information content (AvgIpc) is 2.00. The molecule has 0 fully saturated rings. The summed E-state index contributed by atoms with van der Waals surface area (Å²) >= 11 is 0. The van der Waals surface area contributed by atoms with E-state index in [1.807, 2.05) is 0 Å². The summed E-state index contributed by atoms with van der Waals surface area (Å²) in [5.41, 5.74) is -1.40. The van der Waals surface area contributed by atoms with Crippen LogP contribution in [0.5, 0.6) is 0 Å². The van der Waals surface area contributed by atoms with Gasteiger partial charge in [0.25, 0.3) is 0 Å². The van der Waals surface area contributed by atoms with Gasteiger partial charge < -0.3 is 19.6 Å². The van der Waals surface area contributed by atoms with E-state index in [4.69, 9.17) is 9.79 Å². The summed E-state index contributed by atoms with van der Waals surface area (Å²) in [4.78, 5) is 27.5. The van der Waals surface area contributed by atoms with Gasteiger partial charge in [0.2, 0.25) is 0 Å². The van der Waals surface area contributed by atoms with Crippen LogP contribution in [0.15, 0.2) is 0 Å². The number of phosphoric ester groups is 1. The Labute approximate surface area is 87.2 Å². The third-order valence-corrected chi connectivity index (χ3v) is 2.17. The van der Waals surface area contributed by atoms with Gasteiger partial charge in [0.05, 0.1) is 25.7 Å². The van der Waals surface area contributed by atoms with Gasteiger partial charge in [-0.3, -0.25) is 9.32 Å².